The molecule has 4 heteroatoms. The van der Waals surface area contributed by atoms with Gasteiger partial charge in [0.1, 0.15) is 0 Å². The zero-order valence-electron chi connectivity index (χ0n) is 7.45. The number of nitrogens with one attached hydrogen (secondary N) is 1. The lowest BCUT2D eigenvalue weighted by atomic mass is 10.3. The molecule has 1 aromatic heterocycles. The topological polar surface area (TPSA) is 55.1 Å². The summed E-state index contributed by atoms with van der Waals surface area (Å²) < 4.78 is 0. The van der Waals surface area contributed by atoms with Gasteiger partial charge in [-0.3, -0.25) is 4.79 Å². The molecule has 0 unspecified atom stereocenters. The van der Waals surface area contributed by atoms with E-state index in [-0.39, 0.29) is 5.91 Å². The molecular formula is C9H14N2OS. The molecule has 1 heterocycles. The van der Waals surface area contributed by atoms with Gasteiger partial charge in [-0.2, -0.15) is 0 Å². The summed E-state index contributed by atoms with van der Waals surface area (Å²) in [7, 11) is 0. The Morgan fingerprint density at radius 1 is 1.62 bits per heavy atom. The summed E-state index contributed by atoms with van der Waals surface area (Å²) in [4.78, 5) is 12.3. The highest BCUT2D eigenvalue weighted by Gasteiger charge is 2.02. The molecule has 0 radical (unpaired) electrons. The Morgan fingerprint density at radius 3 is 3.08 bits per heavy atom. The molecular weight excluding hydrogens is 184 g/mol. The second-order valence-electron chi connectivity index (χ2n) is 2.75. The van der Waals surface area contributed by atoms with Gasteiger partial charge in [0, 0.05) is 11.4 Å². The van der Waals surface area contributed by atoms with Crippen molar-refractivity contribution in [1.82, 2.24) is 5.32 Å². The van der Waals surface area contributed by atoms with E-state index < -0.39 is 0 Å². The van der Waals surface area contributed by atoms with Crippen molar-refractivity contribution < 1.29 is 4.79 Å². The first-order valence-corrected chi connectivity index (χ1v) is 5.20. The summed E-state index contributed by atoms with van der Waals surface area (Å²) in [6.45, 7) is 1.31. The summed E-state index contributed by atoms with van der Waals surface area (Å²) in [6, 6.07) is 3.92. The van der Waals surface area contributed by atoms with Crippen LogP contribution < -0.4 is 11.1 Å². The van der Waals surface area contributed by atoms with Crippen molar-refractivity contribution in [2.45, 2.75) is 12.8 Å². The molecule has 13 heavy (non-hydrogen) atoms. The van der Waals surface area contributed by atoms with Crippen LogP contribution in [0.1, 0.15) is 11.3 Å². The molecule has 0 fully saturated rings. The second kappa shape index (κ2) is 5.72. The smallest absolute Gasteiger partial charge is 0.225 e. The molecule has 3 N–H and O–H groups in total. The molecule has 0 saturated heterocycles. The van der Waals surface area contributed by atoms with Crippen molar-refractivity contribution in [2.75, 3.05) is 13.1 Å². The number of carbonyl (C=O) groups excluding carboxylic acids is 1. The lowest BCUT2D eigenvalue weighted by Crippen LogP contribution is -2.27. The Kier molecular flexibility index (Phi) is 4.49. The summed E-state index contributed by atoms with van der Waals surface area (Å²) >= 11 is 1.60. The molecule has 0 saturated carbocycles. The quantitative estimate of drug-likeness (QED) is 0.686. The zero-order chi connectivity index (χ0) is 9.52. The van der Waals surface area contributed by atoms with Gasteiger partial charge >= 0.3 is 0 Å². The van der Waals surface area contributed by atoms with Gasteiger partial charge in [-0.1, -0.05) is 6.07 Å². The zero-order valence-corrected chi connectivity index (χ0v) is 8.27. The summed E-state index contributed by atoms with van der Waals surface area (Å²) in [5.41, 5.74) is 5.30. The van der Waals surface area contributed by atoms with Crippen LogP contribution in [0.3, 0.4) is 0 Å². The van der Waals surface area contributed by atoms with Crippen molar-refractivity contribution in [3.05, 3.63) is 22.4 Å². The molecule has 1 amide bonds. The van der Waals surface area contributed by atoms with Crippen LogP contribution in [0.25, 0.3) is 0 Å². The summed E-state index contributed by atoms with van der Waals surface area (Å²) in [5.74, 6) is 0.0795. The van der Waals surface area contributed by atoms with E-state index in [1.54, 1.807) is 11.3 Å². The fourth-order valence-corrected chi connectivity index (χ4v) is 1.67. The van der Waals surface area contributed by atoms with Crippen LogP contribution in [-0.4, -0.2) is 19.0 Å². The molecule has 1 aromatic rings. The Balaban J connectivity index is 2.18. The number of nitrogens with two attached hydrogens (primary N) is 1. The molecule has 0 bridgehead atoms. The number of amides is 1. The predicted molar refractivity (Wildman–Crippen MR) is 54.7 cm³/mol. The lowest BCUT2D eigenvalue weighted by Gasteiger charge is -2.01. The maximum absolute atomic E-state index is 11.2. The van der Waals surface area contributed by atoms with Gasteiger partial charge in [0.25, 0.3) is 0 Å². The molecule has 0 aliphatic carbocycles. The fourth-order valence-electron chi connectivity index (χ4n) is 0.964. The Morgan fingerprint density at radius 2 is 2.46 bits per heavy atom. The van der Waals surface area contributed by atoms with Crippen LogP contribution in [0.2, 0.25) is 0 Å². The van der Waals surface area contributed by atoms with Gasteiger partial charge in [0.15, 0.2) is 0 Å². The Labute approximate surface area is 81.9 Å². The van der Waals surface area contributed by atoms with Crippen molar-refractivity contribution in [2.24, 2.45) is 5.73 Å². The van der Waals surface area contributed by atoms with Crippen LogP contribution in [-0.2, 0) is 11.2 Å². The van der Waals surface area contributed by atoms with Crippen LogP contribution >= 0.6 is 11.3 Å². The van der Waals surface area contributed by atoms with E-state index in [9.17, 15) is 4.79 Å². The molecule has 1 rings (SSSR count). The average Bonchev–Trinajstić information content (AvgIpc) is 2.57. The van der Waals surface area contributed by atoms with Gasteiger partial charge < -0.3 is 11.1 Å². The van der Waals surface area contributed by atoms with Crippen molar-refractivity contribution >= 4 is 17.2 Å². The minimum atomic E-state index is 0.0795. The van der Waals surface area contributed by atoms with E-state index >= 15 is 0 Å². The van der Waals surface area contributed by atoms with Crippen LogP contribution in [0.15, 0.2) is 17.5 Å². The standard InChI is InChI=1S/C9H14N2OS/c10-4-2-5-11-9(12)7-8-3-1-6-13-8/h1,3,6H,2,4-5,7,10H2,(H,11,12). The Bertz CT molecular complexity index is 246. The molecule has 72 valence electrons. The SMILES string of the molecule is NCCCNC(=O)Cc1cccs1. The third-order valence-electron chi connectivity index (χ3n) is 1.62. The van der Waals surface area contributed by atoms with E-state index in [0.717, 1.165) is 11.3 Å². The Hall–Kier alpha value is -0.870. The first kappa shape index (κ1) is 10.2. The lowest BCUT2D eigenvalue weighted by molar-refractivity contribution is -0.120. The van der Waals surface area contributed by atoms with Gasteiger partial charge in [0.2, 0.25) is 5.91 Å². The molecule has 3 nitrogen and oxygen atoms in total. The van der Waals surface area contributed by atoms with Gasteiger partial charge in [-0.15, -0.1) is 11.3 Å². The van der Waals surface area contributed by atoms with Gasteiger partial charge in [-0.25, -0.2) is 0 Å². The van der Waals surface area contributed by atoms with Crippen molar-refractivity contribution in [1.29, 1.82) is 0 Å². The minimum absolute atomic E-state index is 0.0795. The minimum Gasteiger partial charge on any atom is -0.356 e. The van der Waals surface area contributed by atoms with E-state index in [1.165, 1.54) is 0 Å². The number of hydrogen-bond acceptors (Lipinski definition) is 3. The van der Waals surface area contributed by atoms with E-state index in [2.05, 4.69) is 5.32 Å². The van der Waals surface area contributed by atoms with E-state index in [1.807, 2.05) is 17.5 Å². The number of rotatable bonds is 5. The molecule has 0 aliphatic heterocycles. The van der Waals surface area contributed by atoms with E-state index in [4.69, 9.17) is 5.73 Å². The number of thiophene rings is 1. The highest BCUT2D eigenvalue weighted by molar-refractivity contribution is 7.10. The van der Waals surface area contributed by atoms with Gasteiger partial charge in [-0.05, 0) is 24.4 Å². The van der Waals surface area contributed by atoms with Crippen molar-refractivity contribution in [3.63, 3.8) is 0 Å². The third-order valence-corrected chi connectivity index (χ3v) is 2.49. The first-order chi connectivity index (χ1) is 6.33. The van der Waals surface area contributed by atoms with Crippen LogP contribution in [0.5, 0.6) is 0 Å². The highest BCUT2D eigenvalue weighted by atomic mass is 32.1. The number of hydrogen-bond donors (Lipinski definition) is 2. The second-order valence-corrected chi connectivity index (χ2v) is 3.78. The molecule has 0 atom stereocenters. The van der Waals surface area contributed by atoms with Crippen molar-refractivity contribution in [3.8, 4) is 0 Å². The maximum atomic E-state index is 11.2. The monoisotopic (exact) mass is 198 g/mol. The molecule has 0 aliphatic rings. The molecule has 0 spiro atoms. The van der Waals surface area contributed by atoms with Gasteiger partial charge in [0.05, 0.1) is 6.42 Å². The highest BCUT2D eigenvalue weighted by Crippen LogP contribution is 2.08. The maximum Gasteiger partial charge on any atom is 0.225 e. The molecule has 0 aromatic carbocycles. The third kappa shape index (κ3) is 4.05. The summed E-state index contributed by atoms with van der Waals surface area (Å²) in [5, 5.41) is 4.78. The van der Waals surface area contributed by atoms with E-state index in [0.29, 0.717) is 19.5 Å². The largest absolute Gasteiger partial charge is 0.356 e. The predicted octanol–water partition coefficient (Wildman–Crippen LogP) is 0.756. The van der Waals surface area contributed by atoms with Crippen LogP contribution in [0.4, 0.5) is 0 Å². The number of carbonyl (C=O) groups is 1. The normalized spacial score (nSPS) is 9.92. The average molecular weight is 198 g/mol. The summed E-state index contributed by atoms with van der Waals surface area (Å²) in [6.07, 6.45) is 1.33. The fraction of sp³-hybridized carbons (Fsp3) is 0.444. The first-order valence-electron chi connectivity index (χ1n) is 4.32. The van der Waals surface area contributed by atoms with Crippen LogP contribution in [0, 0.1) is 0 Å².